The van der Waals surface area contributed by atoms with E-state index in [1.165, 1.54) is 11.8 Å². The van der Waals surface area contributed by atoms with E-state index in [4.69, 9.17) is 10.5 Å². The van der Waals surface area contributed by atoms with Crippen molar-refractivity contribution in [3.05, 3.63) is 11.8 Å². The molecule has 6 nitrogen and oxygen atoms in total. The summed E-state index contributed by atoms with van der Waals surface area (Å²) in [5.74, 6) is 0.669. The van der Waals surface area contributed by atoms with Crippen molar-refractivity contribution >= 4 is 23.5 Å². The molecule has 0 aliphatic rings. The molecule has 1 aromatic heterocycles. The van der Waals surface area contributed by atoms with Gasteiger partial charge in [-0.1, -0.05) is 11.8 Å². The smallest absolute Gasteiger partial charge is 0.230 e. The summed E-state index contributed by atoms with van der Waals surface area (Å²) in [5.41, 5.74) is 6.42. The number of hydrogen-bond acceptors (Lipinski definition) is 6. The molecule has 1 heterocycles. The number of rotatable bonds is 8. The highest BCUT2D eigenvalue weighted by Crippen LogP contribution is 2.14. The van der Waals surface area contributed by atoms with Gasteiger partial charge in [-0.15, -0.1) is 0 Å². The Morgan fingerprint density at radius 2 is 2.25 bits per heavy atom. The van der Waals surface area contributed by atoms with Crippen LogP contribution in [0.1, 0.15) is 26.0 Å². The Morgan fingerprint density at radius 3 is 2.90 bits per heavy atom. The lowest BCUT2D eigenvalue weighted by atomic mass is 10.4. The molecule has 1 rings (SSSR count). The monoisotopic (exact) mass is 298 g/mol. The number of aromatic nitrogens is 2. The standard InChI is InChI=1S/C13H22N4O2S/c1-9(2)19-6-4-5-15-12(18)8-20-13-16-10(3)7-11(14)17-13/h7,9H,4-6,8H2,1-3H3,(H,15,18)(H2,14,16,17). The third-order valence-electron chi connectivity index (χ3n) is 2.28. The molecule has 20 heavy (non-hydrogen) atoms. The van der Waals surface area contributed by atoms with Gasteiger partial charge in [-0.2, -0.15) is 0 Å². The van der Waals surface area contributed by atoms with Gasteiger partial charge in [-0.05, 0) is 27.2 Å². The van der Waals surface area contributed by atoms with E-state index < -0.39 is 0 Å². The summed E-state index contributed by atoms with van der Waals surface area (Å²) in [6.07, 6.45) is 1.04. The molecule has 0 radical (unpaired) electrons. The van der Waals surface area contributed by atoms with Crippen LogP contribution in [-0.4, -0.2) is 40.9 Å². The molecule has 3 N–H and O–H groups in total. The van der Waals surface area contributed by atoms with Gasteiger partial charge >= 0.3 is 0 Å². The first-order valence-electron chi connectivity index (χ1n) is 6.59. The van der Waals surface area contributed by atoms with Crippen LogP contribution in [0.15, 0.2) is 11.2 Å². The number of aryl methyl sites for hydroxylation is 1. The number of anilines is 1. The van der Waals surface area contributed by atoms with Crippen LogP contribution in [0, 0.1) is 6.92 Å². The number of carbonyl (C=O) groups excluding carboxylic acids is 1. The Kier molecular flexibility index (Phi) is 7.32. The van der Waals surface area contributed by atoms with Crippen LogP contribution in [0.25, 0.3) is 0 Å². The summed E-state index contributed by atoms with van der Waals surface area (Å²) in [6, 6.07) is 1.69. The molecule has 0 aliphatic carbocycles. The van der Waals surface area contributed by atoms with Crippen molar-refractivity contribution in [1.29, 1.82) is 0 Å². The molecule has 0 unspecified atom stereocenters. The number of nitrogen functional groups attached to an aromatic ring is 1. The van der Waals surface area contributed by atoms with Crippen LogP contribution in [0.5, 0.6) is 0 Å². The zero-order valence-corrected chi connectivity index (χ0v) is 13.0. The Balaban J connectivity index is 2.19. The Morgan fingerprint density at radius 1 is 1.50 bits per heavy atom. The molecule has 0 aromatic carbocycles. The summed E-state index contributed by atoms with van der Waals surface area (Å²) in [6.45, 7) is 7.09. The van der Waals surface area contributed by atoms with Gasteiger partial charge in [0, 0.05) is 24.9 Å². The molecule has 0 spiro atoms. The van der Waals surface area contributed by atoms with Gasteiger partial charge in [0.25, 0.3) is 0 Å². The van der Waals surface area contributed by atoms with Gasteiger partial charge < -0.3 is 15.8 Å². The van der Waals surface area contributed by atoms with Crippen molar-refractivity contribution in [1.82, 2.24) is 15.3 Å². The van der Waals surface area contributed by atoms with Gasteiger partial charge in [0.1, 0.15) is 5.82 Å². The number of carbonyl (C=O) groups is 1. The van der Waals surface area contributed by atoms with Crippen molar-refractivity contribution in [3.8, 4) is 0 Å². The fraction of sp³-hybridized carbons (Fsp3) is 0.615. The highest BCUT2D eigenvalue weighted by molar-refractivity contribution is 7.99. The highest BCUT2D eigenvalue weighted by Gasteiger charge is 2.06. The summed E-state index contributed by atoms with van der Waals surface area (Å²) in [4.78, 5) is 19.9. The third-order valence-corrected chi connectivity index (χ3v) is 3.13. The first-order valence-corrected chi connectivity index (χ1v) is 7.58. The molecule has 0 bridgehead atoms. The number of thioether (sulfide) groups is 1. The van der Waals surface area contributed by atoms with Crippen LogP contribution < -0.4 is 11.1 Å². The maximum absolute atomic E-state index is 11.6. The van der Waals surface area contributed by atoms with Gasteiger partial charge in [0.2, 0.25) is 5.91 Å². The molecule has 1 aromatic rings. The predicted molar refractivity (Wildman–Crippen MR) is 80.6 cm³/mol. The zero-order chi connectivity index (χ0) is 15.0. The van der Waals surface area contributed by atoms with Crippen molar-refractivity contribution in [2.75, 3.05) is 24.6 Å². The fourth-order valence-corrected chi connectivity index (χ4v) is 2.17. The molecule has 7 heteroatoms. The van der Waals surface area contributed by atoms with Crippen LogP contribution in [0.3, 0.4) is 0 Å². The topological polar surface area (TPSA) is 90.1 Å². The Hall–Kier alpha value is -1.34. The van der Waals surface area contributed by atoms with Gasteiger partial charge in [0.05, 0.1) is 11.9 Å². The lowest BCUT2D eigenvalue weighted by Crippen LogP contribution is -2.27. The van der Waals surface area contributed by atoms with Gasteiger partial charge in [0.15, 0.2) is 5.16 Å². The number of nitrogens with zero attached hydrogens (tertiary/aromatic N) is 2. The average molecular weight is 298 g/mol. The number of nitrogens with two attached hydrogens (primary N) is 1. The predicted octanol–water partition coefficient (Wildman–Crippen LogP) is 1.39. The van der Waals surface area contributed by atoms with Gasteiger partial charge in [-0.3, -0.25) is 4.79 Å². The number of hydrogen-bond donors (Lipinski definition) is 2. The van der Waals surface area contributed by atoms with Crippen LogP contribution in [-0.2, 0) is 9.53 Å². The lowest BCUT2D eigenvalue weighted by Gasteiger charge is -2.08. The molecule has 0 saturated carbocycles. The summed E-state index contributed by atoms with van der Waals surface area (Å²) in [5, 5.41) is 3.36. The fourth-order valence-electron chi connectivity index (χ4n) is 1.43. The SMILES string of the molecule is Cc1cc(N)nc(SCC(=O)NCCCOC(C)C)n1. The second kappa shape index (κ2) is 8.76. The van der Waals surface area contributed by atoms with Crippen molar-refractivity contribution < 1.29 is 9.53 Å². The van der Waals surface area contributed by atoms with Crippen LogP contribution in [0.4, 0.5) is 5.82 Å². The normalized spacial score (nSPS) is 10.8. The minimum Gasteiger partial charge on any atom is -0.384 e. The molecular weight excluding hydrogens is 276 g/mol. The van der Waals surface area contributed by atoms with Crippen LogP contribution in [0.2, 0.25) is 0 Å². The van der Waals surface area contributed by atoms with E-state index in [0.717, 1.165) is 12.1 Å². The van der Waals surface area contributed by atoms with E-state index >= 15 is 0 Å². The van der Waals surface area contributed by atoms with Gasteiger partial charge in [-0.25, -0.2) is 9.97 Å². The van der Waals surface area contributed by atoms with E-state index in [1.807, 2.05) is 20.8 Å². The molecule has 0 fully saturated rings. The van der Waals surface area contributed by atoms with Crippen molar-refractivity contribution in [3.63, 3.8) is 0 Å². The second-order valence-electron chi connectivity index (χ2n) is 4.63. The quantitative estimate of drug-likeness (QED) is 0.428. The first kappa shape index (κ1) is 16.7. The number of amides is 1. The lowest BCUT2D eigenvalue weighted by molar-refractivity contribution is -0.118. The summed E-state index contributed by atoms with van der Waals surface area (Å²) >= 11 is 1.28. The van der Waals surface area contributed by atoms with E-state index in [1.54, 1.807) is 6.07 Å². The van der Waals surface area contributed by atoms with E-state index in [0.29, 0.717) is 24.1 Å². The molecule has 112 valence electrons. The molecule has 0 atom stereocenters. The van der Waals surface area contributed by atoms with E-state index in [2.05, 4.69) is 15.3 Å². The Bertz CT molecular complexity index is 420. The average Bonchev–Trinajstić information content (AvgIpc) is 2.34. The maximum atomic E-state index is 11.6. The molecule has 1 amide bonds. The maximum Gasteiger partial charge on any atom is 0.230 e. The van der Waals surface area contributed by atoms with Crippen molar-refractivity contribution in [2.24, 2.45) is 0 Å². The van der Waals surface area contributed by atoms with E-state index in [-0.39, 0.29) is 17.8 Å². The third kappa shape index (κ3) is 7.30. The largest absolute Gasteiger partial charge is 0.384 e. The zero-order valence-electron chi connectivity index (χ0n) is 12.2. The van der Waals surface area contributed by atoms with Crippen molar-refractivity contribution in [2.45, 2.75) is 38.5 Å². The summed E-state index contributed by atoms with van der Waals surface area (Å²) < 4.78 is 5.39. The molecular formula is C13H22N4O2S. The minimum absolute atomic E-state index is 0.0387. The molecule has 0 saturated heterocycles. The van der Waals surface area contributed by atoms with Crippen LogP contribution >= 0.6 is 11.8 Å². The summed E-state index contributed by atoms with van der Waals surface area (Å²) in [7, 11) is 0. The second-order valence-corrected chi connectivity index (χ2v) is 5.57. The number of nitrogens with one attached hydrogen (secondary N) is 1. The number of ether oxygens (including phenoxy) is 1. The van der Waals surface area contributed by atoms with E-state index in [9.17, 15) is 4.79 Å². The molecule has 0 aliphatic heterocycles. The highest BCUT2D eigenvalue weighted by atomic mass is 32.2. The first-order chi connectivity index (χ1) is 9.47. The minimum atomic E-state index is -0.0387. The Labute approximate surface area is 123 Å².